The molecule has 4 rings (SSSR count). The molecule has 124 valence electrons. The molecule has 1 saturated heterocycles. The quantitative estimate of drug-likeness (QED) is 0.706. The van der Waals surface area contributed by atoms with Crippen LogP contribution in [0.1, 0.15) is 25.3 Å². The smallest absolute Gasteiger partial charge is 0.168 e. The largest absolute Gasteiger partial charge is 0.356 e. The Morgan fingerprint density at radius 3 is 2.92 bits per heavy atom. The van der Waals surface area contributed by atoms with Crippen LogP contribution in [0.2, 0.25) is 5.02 Å². The first-order valence-corrected chi connectivity index (χ1v) is 8.71. The summed E-state index contributed by atoms with van der Waals surface area (Å²) >= 11 is 6.27. The predicted molar refractivity (Wildman–Crippen MR) is 97.0 cm³/mol. The summed E-state index contributed by atoms with van der Waals surface area (Å²) in [5.41, 5.74) is 2.78. The number of rotatable bonds is 2. The van der Waals surface area contributed by atoms with Crippen molar-refractivity contribution >= 4 is 28.5 Å². The first kappa shape index (κ1) is 15.4. The molecule has 6 heteroatoms. The fraction of sp³-hybridized carbons (Fsp3) is 0.389. The van der Waals surface area contributed by atoms with Crippen molar-refractivity contribution in [2.24, 2.45) is 5.92 Å². The van der Waals surface area contributed by atoms with Crippen molar-refractivity contribution in [2.45, 2.75) is 26.7 Å². The maximum absolute atomic E-state index is 6.27. The molecule has 5 nitrogen and oxygen atoms in total. The van der Waals surface area contributed by atoms with Crippen LogP contribution in [0.15, 0.2) is 30.7 Å². The Labute approximate surface area is 146 Å². The molecule has 0 radical (unpaired) electrons. The molecule has 0 unspecified atom stereocenters. The molecule has 0 N–H and O–H groups in total. The monoisotopic (exact) mass is 341 g/mol. The zero-order valence-electron chi connectivity index (χ0n) is 13.9. The Kier molecular flexibility index (Phi) is 3.88. The van der Waals surface area contributed by atoms with Crippen molar-refractivity contribution < 1.29 is 0 Å². The van der Waals surface area contributed by atoms with E-state index in [1.165, 1.54) is 12.8 Å². The molecule has 3 heterocycles. The van der Waals surface area contributed by atoms with E-state index in [1.807, 2.05) is 36.0 Å². The molecular weight excluding hydrogens is 322 g/mol. The van der Waals surface area contributed by atoms with Gasteiger partial charge in [0.1, 0.15) is 12.1 Å². The minimum atomic E-state index is 0.690. The van der Waals surface area contributed by atoms with Crippen molar-refractivity contribution in [1.82, 2.24) is 19.7 Å². The number of hydrogen-bond acceptors (Lipinski definition) is 4. The summed E-state index contributed by atoms with van der Waals surface area (Å²) in [7, 11) is 0. The molecule has 0 aliphatic carbocycles. The van der Waals surface area contributed by atoms with E-state index >= 15 is 0 Å². The lowest BCUT2D eigenvalue weighted by Crippen LogP contribution is -2.34. The third-order valence-electron chi connectivity index (χ3n) is 4.70. The molecule has 1 aliphatic rings. The summed E-state index contributed by atoms with van der Waals surface area (Å²) in [4.78, 5) is 11.4. The van der Waals surface area contributed by atoms with E-state index in [-0.39, 0.29) is 0 Å². The zero-order chi connectivity index (χ0) is 16.7. The summed E-state index contributed by atoms with van der Waals surface area (Å²) in [6.45, 7) is 6.36. The highest BCUT2D eigenvalue weighted by Gasteiger charge is 2.21. The topological polar surface area (TPSA) is 46.8 Å². The molecule has 1 aromatic carbocycles. The highest BCUT2D eigenvalue weighted by Crippen LogP contribution is 2.29. The second kappa shape index (κ2) is 6.06. The highest BCUT2D eigenvalue weighted by molar-refractivity contribution is 6.31. The van der Waals surface area contributed by atoms with Crippen molar-refractivity contribution in [1.29, 1.82) is 0 Å². The van der Waals surface area contributed by atoms with E-state index in [1.54, 1.807) is 6.33 Å². The Morgan fingerprint density at radius 2 is 2.12 bits per heavy atom. The molecule has 1 atom stereocenters. The van der Waals surface area contributed by atoms with Gasteiger partial charge in [-0.25, -0.2) is 14.6 Å². The molecule has 0 bridgehead atoms. The van der Waals surface area contributed by atoms with E-state index in [0.717, 1.165) is 46.2 Å². The van der Waals surface area contributed by atoms with Gasteiger partial charge in [0.05, 0.1) is 17.3 Å². The van der Waals surface area contributed by atoms with Crippen LogP contribution >= 0.6 is 11.6 Å². The second-order valence-corrected chi connectivity index (χ2v) is 7.03. The van der Waals surface area contributed by atoms with Gasteiger partial charge in [-0.1, -0.05) is 24.6 Å². The average Bonchev–Trinajstić information content (AvgIpc) is 3.01. The molecule has 3 aromatic rings. The first-order valence-electron chi connectivity index (χ1n) is 8.33. The number of benzene rings is 1. The minimum absolute atomic E-state index is 0.690. The highest BCUT2D eigenvalue weighted by atomic mass is 35.5. The Morgan fingerprint density at radius 1 is 1.25 bits per heavy atom. The van der Waals surface area contributed by atoms with Crippen molar-refractivity contribution in [2.75, 3.05) is 18.0 Å². The molecule has 1 fully saturated rings. The zero-order valence-corrected chi connectivity index (χ0v) is 14.7. The van der Waals surface area contributed by atoms with Crippen molar-refractivity contribution in [3.63, 3.8) is 0 Å². The lowest BCUT2D eigenvalue weighted by molar-refractivity contribution is 0.445. The summed E-state index contributed by atoms with van der Waals surface area (Å²) in [5, 5.41) is 6.26. The molecule has 24 heavy (non-hydrogen) atoms. The Hall–Kier alpha value is -2.14. The van der Waals surface area contributed by atoms with Crippen LogP contribution < -0.4 is 4.90 Å². The summed E-state index contributed by atoms with van der Waals surface area (Å²) in [6, 6.07) is 5.94. The normalized spacial score (nSPS) is 18.3. The van der Waals surface area contributed by atoms with Crippen LogP contribution in [0.25, 0.3) is 16.7 Å². The fourth-order valence-electron chi connectivity index (χ4n) is 3.37. The second-order valence-electron chi connectivity index (χ2n) is 6.62. The molecule has 1 aliphatic heterocycles. The molecule has 0 amide bonds. The van der Waals surface area contributed by atoms with Crippen LogP contribution in [-0.4, -0.2) is 32.8 Å². The maximum atomic E-state index is 6.27. The van der Waals surface area contributed by atoms with Gasteiger partial charge >= 0.3 is 0 Å². The van der Waals surface area contributed by atoms with E-state index in [9.17, 15) is 0 Å². The lowest BCUT2D eigenvalue weighted by Gasteiger charge is -2.31. The number of fused-ring (bicyclic) bond motifs is 1. The molecular formula is C18H20ClN5. The molecule has 2 aromatic heterocycles. The number of piperidine rings is 1. The fourth-order valence-corrected chi connectivity index (χ4v) is 3.54. The van der Waals surface area contributed by atoms with E-state index in [0.29, 0.717) is 5.92 Å². The standard InChI is InChI=1S/C18H20ClN5/c1-12-4-3-7-23(10-12)17-15-9-22-24(18(15)21-11-20-17)14-6-5-13(2)16(19)8-14/h5-6,8-9,11-12H,3-4,7,10H2,1-2H3/t12-/m0/s1. The average molecular weight is 342 g/mol. The third-order valence-corrected chi connectivity index (χ3v) is 5.11. The summed E-state index contributed by atoms with van der Waals surface area (Å²) in [6.07, 6.45) is 5.98. The number of anilines is 1. The molecule has 0 saturated carbocycles. The van der Waals surface area contributed by atoms with Crippen LogP contribution in [-0.2, 0) is 0 Å². The number of hydrogen-bond donors (Lipinski definition) is 0. The predicted octanol–water partition coefficient (Wildman–Crippen LogP) is 4.01. The Balaban J connectivity index is 1.80. The number of aromatic nitrogens is 4. The van der Waals surface area contributed by atoms with Crippen molar-refractivity contribution in [3.8, 4) is 5.69 Å². The van der Waals surface area contributed by atoms with Gasteiger partial charge in [-0.3, -0.25) is 0 Å². The van der Waals surface area contributed by atoms with E-state index in [4.69, 9.17) is 11.6 Å². The van der Waals surface area contributed by atoms with E-state index < -0.39 is 0 Å². The van der Waals surface area contributed by atoms with Crippen LogP contribution in [0.4, 0.5) is 5.82 Å². The lowest BCUT2D eigenvalue weighted by atomic mass is 10.0. The van der Waals surface area contributed by atoms with Gasteiger partial charge in [0.2, 0.25) is 0 Å². The SMILES string of the molecule is Cc1ccc(-n2ncc3c(N4CCC[C@H](C)C4)ncnc32)cc1Cl. The van der Waals surface area contributed by atoms with Gasteiger partial charge in [-0.05, 0) is 43.4 Å². The van der Waals surface area contributed by atoms with Crippen LogP contribution in [0.5, 0.6) is 0 Å². The van der Waals surface area contributed by atoms with Gasteiger partial charge in [-0.15, -0.1) is 0 Å². The third kappa shape index (κ3) is 2.63. The van der Waals surface area contributed by atoms with Crippen LogP contribution in [0, 0.1) is 12.8 Å². The number of aryl methyl sites for hydroxylation is 1. The van der Waals surface area contributed by atoms with E-state index in [2.05, 4.69) is 26.9 Å². The van der Waals surface area contributed by atoms with Gasteiger partial charge in [0.25, 0.3) is 0 Å². The minimum Gasteiger partial charge on any atom is -0.356 e. The maximum Gasteiger partial charge on any atom is 0.168 e. The number of nitrogens with zero attached hydrogens (tertiary/aromatic N) is 5. The Bertz CT molecular complexity index is 888. The number of halogens is 1. The van der Waals surface area contributed by atoms with Gasteiger partial charge in [0.15, 0.2) is 5.65 Å². The van der Waals surface area contributed by atoms with Crippen molar-refractivity contribution in [3.05, 3.63) is 41.3 Å². The van der Waals surface area contributed by atoms with Gasteiger partial charge in [-0.2, -0.15) is 5.10 Å². The summed E-state index contributed by atoms with van der Waals surface area (Å²) in [5.74, 6) is 1.67. The van der Waals surface area contributed by atoms with Gasteiger partial charge in [0, 0.05) is 18.1 Å². The molecule has 0 spiro atoms. The van der Waals surface area contributed by atoms with Crippen LogP contribution in [0.3, 0.4) is 0 Å². The summed E-state index contributed by atoms with van der Waals surface area (Å²) < 4.78 is 1.83. The first-order chi connectivity index (χ1) is 11.6. The van der Waals surface area contributed by atoms with Gasteiger partial charge < -0.3 is 4.90 Å².